The molecule has 40 heavy (non-hydrogen) atoms. The molecule has 2 N–H and O–H groups in total. The van der Waals surface area contributed by atoms with Gasteiger partial charge in [0.25, 0.3) is 5.78 Å². The molecule has 2 heterocycles. The number of carbonyl (C=O) groups is 2. The van der Waals surface area contributed by atoms with Gasteiger partial charge in [-0.25, -0.2) is 4.39 Å². The lowest BCUT2D eigenvalue weighted by atomic mass is 9.95. The Hall–Kier alpha value is -3.74. The Morgan fingerprint density at radius 3 is 2.52 bits per heavy atom. The van der Waals surface area contributed by atoms with Gasteiger partial charge in [-0.15, -0.1) is 10.2 Å². The second-order valence-electron chi connectivity index (χ2n) is 8.60. The van der Waals surface area contributed by atoms with Crippen molar-refractivity contribution < 1.29 is 28.9 Å². The van der Waals surface area contributed by atoms with E-state index in [1.165, 1.54) is 40.9 Å². The van der Waals surface area contributed by atoms with Crippen LogP contribution in [0, 0.1) is 5.82 Å². The van der Waals surface area contributed by atoms with Gasteiger partial charge >= 0.3 is 5.91 Å². The molecule has 1 unspecified atom stereocenters. The number of amides is 1. The van der Waals surface area contributed by atoms with Gasteiger partial charge in [0.05, 0.1) is 18.2 Å². The molecule has 5 rings (SSSR count). The first-order chi connectivity index (χ1) is 19.3. The number of Topliss-reactive ketones (excluding diaryl/α,β-unsaturated/α-hetero) is 1. The van der Waals surface area contributed by atoms with Gasteiger partial charge in [0.15, 0.2) is 15.8 Å². The molecule has 0 spiro atoms. The van der Waals surface area contributed by atoms with Crippen LogP contribution in [0.1, 0.15) is 29.7 Å². The Balaban J connectivity index is 1.56. The van der Waals surface area contributed by atoms with E-state index in [9.17, 15) is 24.2 Å². The van der Waals surface area contributed by atoms with Crippen molar-refractivity contribution in [3.8, 4) is 11.5 Å². The number of thioether (sulfide) groups is 1. The van der Waals surface area contributed by atoms with Gasteiger partial charge in [0.1, 0.15) is 11.6 Å². The average molecular weight is 643 g/mol. The molecular formula is C28H21BrFN3O5S2. The molecular weight excluding hydrogens is 621 g/mol. The molecule has 0 radical (unpaired) electrons. The topological polar surface area (TPSA) is 113 Å². The summed E-state index contributed by atoms with van der Waals surface area (Å²) in [5.41, 5.74) is 1.53. The number of aromatic nitrogens is 2. The number of carbonyl (C=O) groups excluding carboxylic acids is 2. The average Bonchev–Trinajstić information content (AvgIpc) is 3.52. The highest BCUT2D eigenvalue weighted by Gasteiger charge is 2.48. The molecule has 204 valence electrons. The molecule has 1 aliphatic rings. The Morgan fingerprint density at radius 1 is 1.10 bits per heavy atom. The Morgan fingerprint density at radius 2 is 1.82 bits per heavy atom. The lowest BCUT2D eigenvalue weighted by Crippen LogP contribution is -2.29. The van der Waals surface area contributed by atoms with Gasteiger partial charge in [-0.3, -0.25) is 14.5 Å². The number of aliphatic hydroxyl groups excluding tert-OH is 1. The van der Waals surface area contributed by atoms with Crippen LogP contribution in [0.5, 0.6) is 11.5 Å². The van der Waals surface area contributed by atoms with Crippen molar-refractivity contribution in [1.82, 2.24) is 10.2 Å². The Bertz CT molecular complexity index is 1610. The van der Waals surface area contributed by atoms with Crippen LogP contribution >= 0.6 is 39.0 Å². The zero-order valence-corrected chi connectivity index (χ0v) is 24.1. The number of ether oxygens (including phenoxy) is 1. The SMILES string of the molecule is CCOc1cc(C2/C(=C(/O)c3ccc(Br)cc3)C(=O)C(=O)N2c2nnc(SCc3ccc(F)cc3)s2)ccc1O. The number of benzene rings is 3. The van der Waals surface area contributed by atoms with Crippen LogP contribution < -0.4 is 9.64 Å². The minimum atomic E-state index is -1.06. The van der Waals surface area contributed by atoms with Crippen LogP contribution in [-0.2, 0) is 15.3 Å². The molecule has 8 nitrogen and oxygen atoms in total. The van der Waals surface area contributed by atoms with Crippen molar-refractivity contribution in [3.63, 3.8) is 0 Å². The van der Waals surface area contributed by atoms with Crippen molar-refractivity contribution in [2.75, 3.05) is 11.5 Å². The Labute approximate surface area is 245 Å². The lowest BCUT2D eigenvalue weighted by Gasteiger charge is -2.23. The summed E-state index contributed by atoms with van der Waals surface area (Å²) < 4.78 is 20.1. The fourth-order valence-corrected chi connectivity index (χ4v) is 6.25. The second kappa shape index (κ2) is 11.8. The maximum atomic E-state index is 13.4. The molecule has 1 aromatic heterocycles. The summed E-state index contributed by atoms with van der Waals surface area (Å²) in [6.07, 6.45) is 0. The molecule has 1 atom stereocenters. The molecule has 1 fully saturated rings. The van der Waals surface area contributed by atoms with Crippen molar-refractivity contribution in [2.24, 2.45) is 0 Å². The van der Waals surface area contributed by atoms with Crippen LogP contribution in [0.2, 0.25) is 0 Å². The molecule has 4 aromatic rings. The van der Waals surface area contributed by atoms with E-state index in [1.807, 2.05) is 0 Å². The highest BCUT2D eigenvalue weighted by molar-refractivity contribution is 9.10. The highest BCUT2D eigenvalue weighted by Crippen LogP contribution is 2.45. The molecule has 12 heteroatoms. The number of hydrogen-bond donors (Lipinski definition) is 2. The second-order valence-corrected chi connectivity index (χ2v) is 11.7. The van der Waals surface area contributed by atoms with Crippen LogP contribution in [-0.4, -0.2) is 38.7 Å². The summed E-state index contributed by atoms with van der Waals surface area (Å²) in [6, 6.07) is 16.2. The van der Waals surface area contributed by atoms with Crippen molar-refractivity contribution in [2.45, 2.75) is 23.1 Å². The van der Waals surface area contributed by atoms with Gasteiger partial charge in [-0.05, 0) is 54.4 Å². The standard InChI is InChI=1S/C28H21BrFN3O5S2/c1-2-38-21-13-17(7-12-20(21)34)23-22(24(35)16-5-8-18(29)9-6-16)25(36)26(37)33(23)27-31-32-28(40-27)39-14-15-3-10-19(30)11-4-15/h3-13,23,34-35H,2,14H2,1H3/b24-22-. The molecule has 1 saturated heterocycles. The maximum absolute atomic E-state index is 13.4. The minimum Gasteiger partial charge on any atom is -0.507 e. The van der Waals surface area contributed by atoms with Gasteiger partial charge in [-0.2, -0.15) is 0 Å². The summed E-state index contributed by atoms with van der Waals surface area (Å²) in [5, 5.41) is 30.1. The van der Waals surface area contributed by atoms with E-state index in [0.29, 0.717) is 21.2 Å². The smallest absolute Gasteiger partial charge is 0.301 e. The van der Waals surface area contributed by atoms with E-state index in [2.05, 4.69) is 26.1 Å². The predicted molar refractivity (Wildman–Crippen MR) is 154 cm³/mol. The highest BCUT2D eigenvalue weighted by atomic mass is 79.9. The van der Waals surface area contributed by atoms with Gasteiger partial charge < -0.3 is 14.9 Å². The van der Waals surface area contributed by atoms with E-state index in [4.69, 9.17) is 4.74 Å². The minimum absolute atomic E-state index is 0.106. The summed E-state index contributed by atoms with van der Waals surface area (Å²) in [7, 11) is 0. The van der Waals surface area contributed by atoms with Crippen molar-refractivity contribution >= 4 is 61.6 Å². The number of halogens is 2. The van der Waals surface area contributed by atoms with E-state index in [1.54, 1.807) is 49.4 Å². The van der Waals surface area contributed by atoms with E-state index < -0.39 is 17.7 Å². The van der Waals surface area contributed by atoms with Crippen molar-refractivity contribution in [1.29, 1.82) is 0 Å². The maximum Gasteiger partial charge on any atom is 0.301 e. The first kappa shape index (κ1) is 27.8. The van der Waals surface area contributed by atoms with E-state index in [-0.39, 0.29) is 40.4 Å². The number of ketones is 1. The zero-order valence-electron chi connectivity index (χ0n) is 20.9. The van der Waals surface area contributed by atoms with Gasteiger partial charge in [0.2, 0.25) is 5.13 Å². The number of rotatable bonds is 8. The summed E-state index contributed by atoms with van der Waals surface area (Å²) in [6.45, 7) is 2.04. The first-order valence-electron chi connectivity index (χ1n) is 12.0. The number of phenolic OH excluding ortho intramolecular Hbond substituents is 1. The quantitative estimate of drug-likeness (QED) is 0.0741. The number of hydrogen-bond acceptors (Lipinski definition) is 9. The fourth-order valence-electron chi connectivity index (χ4n) is 4.16. The van der Waals surface area contributed by atoms with Crippen LogP contribution in [0.25, 0.3) is 5.76 Å². The fraction of sp³-hybridized carbons (Fsp3) is 0.143. The Kier molecular flexibility index (Phi) is 8.19. The number of nitrogens with zero attached hydrogens (tertiary/aromatic N) is 3. The van der Waals surface area contributed by atoms with E-state index >= 15 is 0 Å². The molecule has 1 amide bonds. The monoisotopic (exact) mass is 641 g/mol. The van der Waals surface area contributed by atoms with Gasteiger partial charge in [0, 0.05) is 15.8 Å². The van der Waals surface area contributed by atoms with Gasteiger partial charge in [-0.1, -0.05) is 69.4 Å². The third-order valence-electron chi connectivity index (χ3n) is 6.04. The number of aliphatic hydroxyl groups is 1. The number of aromatic hydroxyl groups is 1. The summed E-state index contributed by atoms with van der Waals surface area (Å²) in [5.74, 6) is -1.87. The van der Waals surface area contributed by atoms with Crippen LogP contribution in [0.4, 0.5) is 9.52 Å². The molecule has 0 saturated carbocycles. The summed E-state index contributed by atoms with van der Waals surface area (Å²) >= 11 is 5.82. The van der Waals surface area contributed by atoms with Crippen LogP contribution in [0.15, 0.2) is 81.1 Å². The lowest BCUT2D eigenvalue weighted by molar-refractivity contribution is -0.132. The molecule has 1 aliphatic heterocycles. The van der Waals surface area contributed by atoms with Crippen LogP contribution in [0.3, 0.4) is 0 Å². The first-order valence-corrected chi connectivity index (χ1v) is 14.6. The summed E-state index contributed by atoms with van der Waals surface area (Å²) in [4.78, 5) is 28.0. The largest absolute Gasteiger partial charge is 0.507 e. The molecule has 0 bridgehead atoms. The third-order valence-corrected chi connectivity index (χ3v) is 8.69. The third kappa shape index (κ3) is 5.60. The number of phenols is 1. The van der Waals surface area contributed by atoms with Crippen molar-refractivity contribution in [3.05, 3.63) is 99.3 Å². The zero-order chi connectivity index (χ0) is 28.4. The predicted octanol–water partition coefficient (Wildman–Crippen LogP) is 6.46. The number of anilines is 1. The van der Waals surface area contributed by atoms with E-state index in [0.717, 1.165) is 21.4 Å². The molecule has 3 aromatic carbocycles. The molecule has 0 aliphatic carbocycles. The normalized spacial score (nSPS) is 16.5.